The molecule has 1 amide bonds. The molecule has 0 aliphatic carbocycles. The third-order valence-corrected chi connectivity index (χ3v) is 4.83. The van der Waals surface area contributed by atoms with Gasteiger partial charge in [0.05, 0.1) is 10.8 Å². The minimum Gasteiger partial charge on any atom is -0.444 e. The molecule has 1 unspecified atom stereocenters. The van der Waals surface area contributed by atoms with Gasteiger partial charge in [-0.3, -0.25) is 9.59 Å². The van der Waals surface area contributed by atoms with Crippen molar-refractivity contribution in [2.24, 2.45) is 5.92 Å². The maximum atomic E-state index is 12.4. The van der Waals surface area contributed by atoms with E-state index in [1.807, 2.05) is 36.4 Å². The largest absolute Gasteiger partial charge is 0.444 e. The number of hydrogen-bond acceptors (Lipinski definition) is 5. The highest BCUT2D eigenvalue weighted by Gasteiger charge is 2.37. The van der Waals surface area contributed by atoms with Crippen LogP contribution >= 0.6 is 11.8 Å². The van der Waals surface area contributed by atoms with Crippen LogP contribution in [0.3, 0.4) is 0 Å². The summed E-state index contributed by atoms with van der Waals surface area (Å²) >= 11 is 1.01. The Bertz CT molecular complexity index is 692. The molecule has 6 heteroatoms. The molecular weight excluding hydrogens is 350 g/mol. The van der Waals surface area contributed by atoms with Crippen LogP contribution in [0.1, 0.15) is 39.2 Å². The van der Waals surface area contributed by atoms with Crippen molar-refractivity contribution in [1.82, 2.24) is 5.32 Å². The van der Waals surface area contributed by atoms with Crippen LogP contribution in [0.25, 0.3) is 0 Å². The van der Waals surface area contributed by atoms with E-state index in [0.29, 0.717) is 17.7 Å². The molecule has 0 spiro atoms. The van der Waals surface area contributed by atoms with Crippen LogP contribution in [0.2, 0.25) is 0 Å². The minimum absolute atomic E-state index is 0.140. The maximum Gasteiger partial charge on any atom is 0.407 e. The van der Waals surface area contributed by atoms with Crippen molar-refractivity contribution in [3.63, 3.8) is 0 Å². The number of Topliss-reactive ketones (excluding diaryl/α,β-unsaturated/α-hetero) is 1. The molecule has 1 atom stereocenters. The summed E-state index contributed by atoms with van der Waals surface area (Å²) in [6.07, 6.45) is 3.15. The number of aryl methyl sites for hydroxylation is 1. The Hall–Kier alpha value is -2.08. The third-order valence-electron chi connectivity index (χ3n) is 3.76. The van der Waals surface area contributed by atoms with Gasteiger partial charge >= 0.3 is 6.09 Å². The van der Waals surface area contributed by atoms with Crippen LogP contribution in [0, 0.1) is 5.92 Å². The Morgan fingerprint density at radius 3 is 2.58 bits per heavy atom. The number of nitrogens with one attached hydrogen (secondary N) is 1. The first-order valence-corrected chi connectivity index (χ1v) is 9.55. The lowest BCUT2D eigenvalue weighted by molar-refractivity contribution is -0.124. The Kier molecular flexibility index (Phi) is 7.03. The molecule has 1 aromatic rings. The van der Waals surface area contributed by atoms with Crippen LogP contribution in [0.5, 0.6) is 0 Å². The summed E-state index contributed by atoms with van der Waals surface area (Å²) in [6.45, 7) is 5.56. The van der Waals surface area contributed by atoms with Gasteiger partial charge in [0.15, 0.2) is 5.78 Å². The second-order valence-electron chi connectivity index (χ2n) is 7.15. The number of alkyl carbamates (subject to hydrolysis) is 1. The summed E-state index contributed by atoms with van der Waals surface area (Å²) in [6, 6.07) is 10.0. The number of allylic oxidation sites excluding steroid dienone is 2. The molecule has 0 radical (unpaired) electrons. The SMILES string of the molecule is CC(C)(C)OC(=O)NCCC1C(=O)SC(=CCCc2ccccc2)C1=O. The standard InChI is InChI=1S/C20H25NO4S/c1-20(2,3)25-19(24)21-13-12-15-17(22)16(26-18(15)23)11-7-10-14-8-5-4-6-9-14/h4-6,8-9,11,15H,7,10,12-13H2,1-3H3,(H,21,24). The fourth-order valence-corrected chi connectivity index (χ4v) is 3.58. The van der Waals surface area contributed by atoms with E-state index in [0.717, 1.165) is 18.2 Å². The smallest absolute Gasteiger partial charge is 0.407 e. The summed E-state index contributed by atoms with van der Waals surface area (Å²) in [7, 11) is 0. The first-order valence-electron chi connectivity index (χ1n) is 8.73. The topological polar surface area (TPSA) is 72.5 Å². The van der Waals surface area contributed by atoms with Crippen molar-refractivity contribution in [1.29, 1.82) is 0 Å². The lowest BCUT2D eigenvalue weighted by atomic mass is 10.0. The number of carbonyl (C=O) groups is 3. The third kappa shape index (κ3) is 6.33. The molecule has 1 heterocycles. The first-order chi connectivity index (χ1) is 12.3. The Morgan fingerprint density at radius 1 is 1.23 bits per heavy atom. The van der Waals surface area contributed by atoms with Crippen LogP contribution < -0.4 is 5.32 Å². The summed E-state index contributed by atoms with van der Waals surface area (Å²) in [5.41, 5.74) is 0.623. The molecule has 1 aliphatic heterocycles. The zero-order valence-electron chi connectivity index (χ0n) is 15.4. The van der Waals surface area contributed by atoms with Gasteiger partial charge in [-0.2, -0.15) is 0 Å². The fourth-order valence-electron chi connectivity index (χ4n) is 2.55. The molecule has 1 N–H and O–H groups in total. The lowest BCUT2D eigenvalue weighted by Crippen LogP contribution is -2.34. The van der Waals surface area contributed by atoms with Crippen LogP contribution in [-0.4, -0.2) is 29.1 Å². The molecule has 0 bridgehead atoms. The zero-order valence-corrected chi connectivity index (χ0v) is 16.2. The van der Waals surface area contributed by atoms with E-state index in [4.69, 9.17) is 4.74 Å². The number of ether oxygens (including phenoxy) is 1. The number of benzene rings is 1. The van der Waals surface area contributed by atoms with Gasteiger partial charge < -0.3 is 10.1 Å². The van der Waals surface area contributed by atoms with Crippen molar-refractivity contribution in [3.8, 4) is 0 Å². The van der Waals surface area contributed by atoms with Crippen LogP contribution in [-0.2, 0) is 20.7 Å². The van der Waals surface area contributed by atoms with Gasteiger partial charge in [-0.15, -0.1) is 0 Å². The average molecular weight is 375 g/mol. The summed E-state index contributed by atoms with van der Waals surface area (Å²) in [5.74, 6) is -0.822. The van der Waals surface area contributed by atoms with Crippen molar-refractivity contribution >= 4 is 28.8 Å². The molecule has 26 heavy (non-hydrogen) atoms. The van der Waals surface area contributed by atoms with Crippen LogP contribution in [0.4, 0.5) is 4.79 Å². The summed E-state index contributed by atoms with van der Waals surface area (Å²) in [4.78, 5) is 36.6. The predicted octanol–water partition coefficient (Wildman–Crippen LogP) is 3.88. The number of amides is 1. The van der Waals surface area contributed by atoms with Gasteiger partial charge in [0, 0.05) is 6.54 Å². The van der Waals surface area contributed by atoms with Crippen LogP contribution in [0.15, 0.2) is 41.3 Å². The van der Waals surface area contributed by atoms with Gasteiger partial charge in [-0.05, 0) is 57.4 Å². The lowest BCUT2D eigenvalue weighted by Gasteiger charge is -2.19. The van der Waals surface area contributed by atoms with E-state index in [9.17, 15) is 14.4 Å². The number of rotatable bonds is 6. The monoisotopic (exact) mass is 375 g/mol. The molecule has 140 valence electrons. The van der Waals surface area contributed by atoms with E-state index < -0.39 is 17.6 Å². The van der Waals surface area contributed by atoms with Gasteiger partial charge in [0.25, 0.3) is 0 Å². The van der Waals surface area contributed by atoms with E-state index >= 15 is 0 Å². The molecule has 0 saturated carbocycles. The van der Waals surface area contributed by atoms with E-state index in [2.05, 4.69) is 5.32 Å². The second-order valence-corrected chi connectivity index (χ2v) is 8.19. The number of hydrogen-bond donors (Lipinski definition) is 1. The van der Waals surface area contributed by atoms with Gasteiger partial charge in [-0.25, -0.2) is 4.79 Å². The number of thioether (sulfide) groups is 1. The quantitative estimate of drug-likeness (QED) is 0.603. The highest BCUT2D eigenvalue weighted by atomic mass is 32.2. The van der Waals surface area contributed by atoms with Crippen molar-refractivity contribution in [2.75, 3.05) is 6.54 Å². The predicted molar refractivity (Wildman–Crippen MR) is 103 cm³/mol. The zero-order chi connectivity index (χ0) is 19.2. The van der Waals surface area contributed by atoms with E-state index in [-0.39, 0.29) is 17.4 Å². The summed E-state index contributed by atoms with van der Waals surface area (Å²) in [5, 5.41) is 2.45. The molecule has 1 aromatic carbocycles. The Labute approximate surface area is 158 Å². The molecule has 0 aromatic heterocycles. The molecule has 1 aliphatic rings. The van der Waals surface area contributed by atoms with E-state index in [1.165, 1.54) is 5.56 Å². The molecule has 1 fully saturated rings. The molecule has 2 rings (SSSR count). The van der Waals surface area contributed by atoms with E-state index in [1.54, 1.807) is 20.8 Å². The molecular formula is C20H25NO4S. The molecule has 5 nitrogen and oxygen atoms in total. The van der Waals surface area contributed by atoms with Crippen molar-refractivity contribution in [3.05, 3.63) is 46.9 Å². The summed E-state index contributed by atoms with van der Waals surface area (Å²) < 4.78 is 5.14. The highest BCUT2D eigenvalue weighted by Crippen LogP contribution is 2.35. The minimum atomic E-state index is -0.682. The average Bonchev–Trinajstić information content (AvgIpc) is 2.82. The Morgan fingerprint density at radius 2 is 1.92 bits per heavy atom. The van der Waals surface area contributed by atoms with Gasteiger partial charge in [-0.1, -0.05) is 36.4 Å². The Balaban J connectivity index is 1.80. The van der Waals surface area contributed by atoms with Crippen molar-refractivity contribution in [2.45, 2.75) is 45.6 Å². The fraction of sp³-hybridized carbons (Fsp3) is 0.450. The van der Waals surface area contributed by atoms with Gasteiger partial charge in [0.1, 0.15) is 5.60 Å². The molecule has 1 saturated heterocycles. The number of ketones is 1. The van der Waals surface area contributed by atoms with Crippen molar-refractivity contribution < 1.29 is 19.1 Å². The number of carbonyl (C=O) groups excluding carboxylic acids is 3. The maximum absolute atomic E-state index is 12.4. The second kappa shape index (κ2) is 9.03. The highest BCUT2D eigenvalue weighted by molar-refractivity contribution is 8.18. The van der Waals surface area contributed by atoms with Gasteiger partial charge in [0.2, 0.25) is 5.12 Å². The normalized spacial score (nSPS) is 19.0. The first kappa shape index (κ1) is 20.2.